The summed E-state index contributed by atoms with van der Waals surface area (Å²) in [7, 11) is -3.11. The lowest BCUT2D eigenvalue weighted by Gasteiger charge is -2.24. The Morgan fingerprint density at radius 3 is 2.35 bits per heavy atom. The van der Waals surface area contributed by atoms with E-state index in [4.69, 9.17) is 11.6 Å². The number of imidazole rings is 1. The predicted octanol–water partition coefficient (Wildman–Crippen LogP) is 1.50. The Balaban J connectivity index is 2.08. The number of carboxylic acids is 1. The van der Waals surface area contributed by atoms with Crippen molar-refractivity contribution in [2.45, 2.75) is 17.0 Å². The quantitative estimate of drug-likeness (QED) is 0.479. The minimum atomic E-state index is -4.42. The molecule has 1 heterocycles. The molecule has 3 rings (SSSR count). The molecule has 0 fully saturated rings. The second-order valence-electron chi connectivity index (χ2n) is 7.07. The van der Waals surface area contributed by atoms with E-state index in [1.54, 1.807) is 30.3 Å². The van der Waals surface area contributed by atoms with E-state index < -0.39 is 45.3 Å². The molecule has 3 N–H and O–H groups in total. The van der Waals surface area contributed by atoms with Gasteiger partial charge in [0.25, 0.3) is 0 Å². The number of aliphatic carboxylic acids is 1. The minimum absolute atomic E-state index is 0.106. The van der Waals surface area contributed by atoms with Gasteiger partial charge in [-0.05, 0) is 17.7 Å². The third-order valence-corrected chi connectivity index (χ3v) is 6.83. The third kappa shape index (κ3) is 4.50. The highest BCUT2D eigenvalue weighted by Gasteiger charge is 2.43. The van der Waals surface area contributed by atoms with E-state index in [1.807, 2.05) is 0 Å². The highest BCUT2D eigenvalue weighted by atomic mass is 35.5. The molecule has 0 amide bonds. The topological polar surface area (TPSA) is 139 Å². The van der Waals surface area contributed by atoms with Crippen LogP contribution in [0.1, 0.15) is 0 Å². The van der Waals surface area contributed by atoms with E-state index in [0.29, 0.717) is 10.1 Å². The number of aromatic hydroxyl groups is 1. The normalized spacial score (nSPS) is 13.6. The number of carbonyl (C=O) groups is 1. The van der Waals surface area contributed by atoms with E-state index >= 15 is 0 Å². The van der Waals surface area contributed by atoms with Crippen LogP contribution in [-0.4, -0.2) is 50.2 Å². The molecule has 0 bridgehead atoms. The molecule has 1 unspecified atom stereocenters. The average molecular weight is 467 g/mol. The Kier molecular flexibility index (Phi) is 5.99. The van der Waals surface area contributed by atoms with Crippen LogP contribution in [-0.2, 0) is 28.2 Å². The van der Waals surface area contributed by atoms with Gasteiger partial charge in [0.15, 0.2) is 15.4 Å². The molecule has 0 saturated carbocycles. The lowest BCUT2D eigenvalue weighted by Crippen LogP contribution is -2.50. The summed E-state index contributed by atoms with van der Waals surface area (Å²) in [5.41, 5.74) is -2.90. The molecule has 31 heavy (non-hydrogen) atoms. The maximum Gasteiger partial charge on any atom is 0.338 e. The number of aromatic nitrogens is 2. The summed E-state index contributed by atoms with van der Waals surface area (Å²) in [6.07, 6.45) is 1.02. The molecule has 0 saturated heterocycles. The third-order valence-electron chi connectivity index (χ3n) is 4.73. The smallest absolute Gasteiger partial charge is 0.338 e. The average Bonchev–Trinajstić information content (AvgIpc) is 2.94. The summed E-state index contributed by atoms with van der Waals surface area (Å²) in [6, 6.07) is 12.7. The fraction of sp³-hybridized carbons (Fsp3) is 0.200. The molecule has 1 atom stereocenters. The molecule has 0 radical (unpaired) electrons. The van der Waals surface area contributed by atoms with Crippen molar-refractivity contribution in [1.82, 2.24) is 9.13 Å². The summed E-state index contributed by atoms with van der Waals surface area (Å²) in [6.45, 7) is -0.978. The van der Waals surface area contributed by atoms with Crippen molar-refractivity contribution < 1.29 is 28.5 Å². The van der Waals surface area contributed by atoms with Crippen molar-refractivity contribution in [2.24, 2.45) is 7.05 Å². The van der Waals surface area contributed by atoms with E-state index in [2.05, 4.69) is 0 Å². The first-order valence-corrected chi connectivity index (χ1v) is 11.0. The Morgan fingerprint density at radius 2 is 1.81 bits per heavy atom. The summed E-state index contributed by atoms with van der Waals surface area (Å²) >= 11 is 5.99. The second kappa shape index (κ2) is 8.22. The van der Waals surface area contributed by atoms with Gasteiger partial charge in [0.2, 0.25) is 5.88 Å². The highest BCUT2D eigenvalue weighted by molar-refractivity contribution is 7.91. The van der Waals surface area contributed by atoms with Crippen molar-refractivity contribution in [2.75, 3.05) is 5.75 Å². The van der Waals surface area contributed by atoms with E-state index in [-0.39, 0.29) is 15.5 Å². The van der Waals surface area contributed by atoms with Crippen molar-refractivity contribution in [3.63, 3.8) is 0 Å². The van der Waals surface area contributed by atoms with Crippen molar-refractivity contribution in [3.05, 3.63) is 70.2 Å². The maximum atomic E-state index is 13.2. The van der Waals surface area contributed by atoms with Gasteiger partial charge in [0.1, 0.15) is 0 Å². The molecule has 3 aromatic rings. The zero-order valence-electron chi connectivity index (χ0n) is 16.3. The lowest BCUT2D eigenvalue weighted by molar-refractivity contribution is -0.157. The van der Waals surface area contributed by atoms with Crippen LogP contribution in [0.2, 0.25) is 5.02 Å². The Hall–Kier alpha value is -3.08. The number of benzene rings is 2. The van der Waals surface area contributed by atoms with Gasteiger partial charge in [-0.3, -0.25) is 9.13 Å². The Labute approximate surface area is 182 Å². The van der Waals surface area contributed by atoms with Gasteiger partial charge in [-0.2, -0.15) is 0 Å². The van der Waals surface area contributed by atoms with Crippen LogP contribution in [0.5, 0.6) is 5.88 Å². The molecule has 164 valence electrons. The molecule has 0 spiro atoms. The molecule has 0 aliphatic heterocycles. The van der Waals surface area contributed by atoms with Crippen molar-refractivity contribution in [3.8, 4) is 17.0 Å². The van der Waals surface area contributed by atoms with Crippen LogP contribution in [0.25, 0.3) is 11.1 Å². The predicted molar refractivity (Wildman–Crippen MR) is 113 cm³/mol. The Bertz CT molecular complexity index is 1300. The van der Waals surface area contributed by atoms with Gasteiger partial charge in [0, 0.05) is 17.6 Å². The van der Waals surface area contributed by atoms with Crippen LogP contribution in [0.15, 0.2) is 64.4 Å². The number of halogens is 1. The van der Waals surface area contributed by atoms with Gasteiger partial charge < -0.3 is 15.3 Å². The number of rotatable bonds is 7. The van der Waals surface area contributed by atoms with Gasteiger partial charge in [0.05, 0.1) is 23.4 Å². The number of nitrogens with zero attached hydrogens (tertiary/aromatic N) is 2. The van der Waals surface area contributed by atoms with Crippen LogP contribution in [0.4, 0.5) is 0 Å². The van der Waals surface area contributed by atoms with Crippen LogP contribution in [0, 0.1) is 0 Å². The number of carboxylic acid groups (broad SMARTS) is 1. The minimum Gasteiger partial charge on any atom is -0.493 e. The zero-order chi connectivity index (χ0) is 23.0. The SMILES string of the molecule is Cn1cc(O)n(CC(O)(CS(=O)(=O)c2cc(Cl)ccc2-c2ccccc2)C(=O)O)c1=O. The molecule has 2 aromatic carbocycles. The van der Waals surface area contributed by atoms with Crippen molar-refractivity contribution >= 4 is 27.4 Å². The van der Waals surface area contributed by atoms with E-state index in [9.17, 15) is 33.3 Å². The molecule has 1 aromatic heterocycles. The molecular weight excluding hydrogens is 448 g/mol. The van der Waals surface area contributed by atoms with Crippen LogP contribution < -0.4 is 5.69 Å². The fourth-order valence-corrected chi connectivity index (χ4v) is 5.24. The molecule has 0 aliphatic rings. The largest absolute Gasteiger partial charge is 0.493 e. The summed E-state index contributed by atoms with van der Waals surface area (Å²) in [5.74, 6) is -3.73. The number of sulfone groups is 1. The molecule has 9 nitrogen and oxygen atoms in total. The van der Waals surface area contributed by atoms with Gasteiger partial charge in [-0.1, -0.05) is 48.0 Å². The number of aliphatic hydroxyl groups is 1. The standard InChI is InChI=1S/C20H19ClN2O7S/c1-22-10-17(24)23(19(22)27)11-20(28,18(25)26)12-31(29,30)16-9-14(21)7-8-15(16)13-5-3-2-4-6-13/h2-10,24,28H,11-12H2,1H3,(H,25,26). The summed E-state index contributed by atoms with van der Waals surface area (Å²) in [4.78, 5) is 23.7. The van der Waals surface area contributed by atoms with E-state index in [1.165, 1.54) is 25.2 Å². The van der Waals surface area contributed by atoms with Crippen LogP contribution >= 0.6 is 11.6 Å². The number of aryl methyl sites for hydroxylation is 1. The first-order chi connectivity index (χ1) is 14.4. The van der Waals surface area contributed by atoms with Gasteiger partial charge in [-0.25, -0.2) is 18.0 Å². The maximum absolute atomic E-state index is 13.2. The molecule has 11 heteroatoms. The Morgan fingerprint density at radius 1 is 1.16 bits per heavy atom. The fourth-order valence-electron chi connectivity index (χ4n) is 3.17. The first kappa shape index (κ1) is 22.6. The van der Waals surface area contributed by atoms with Gasteiger partial charge in [-0.15, -0.1) is 0 Å². The van der Waals surface area contributed by atoms with Crippen molar-refractivity contribution in [1.29, 1.82) is 0 Å². The summed E-state index contributed by atoms with van der Waals surface area (Å²) < 4.78 is 28.0. The summed E-state index contributed by atoms with van der Waals surface area (Å²) in [5, 5.41) is 30.3. The highest BCUT2D eigenvalue weighted by Crippen LogP contribution is 2.32. The van der Waals surface area contributed by atoms with E-state index in [0.717, 1.165) is 10.8 Å². The lowest BCUT2D eigenvalue weighted by atomic mass is 10.1. The molecular formula is C20H19ClN2O7S. The second-order valence-corrected chi connectivity index (χ2v) is 9.46. The molecule has 0 aliphatic carbocycles. The van der Waals surface area contributed by atoms with Crippen LogP contribution in [0.3, 0.4) is 0 Å². The monoisotopic (exact) mass is 466 g/mol. The number of hydrogen-bond donors (Lipinski definition) is 3. The number of hydrogen-bond acceptors (Lipinski definition) is 6. The zero-order valence-corrected chi connectivity index (χ0v) is 17.8. The van der Waals surface area contributed by atoms with Gasteiger partial charge >= 0.3 is 11.7 Å². The first-order valence-electron chi connectivity index (χ1n) is 8.93.